The Morgan fingerprint density at radius 3 is 2.45 bits per heavy atom. The highest BCUT2D eigenvalue weighted by Crippen LogP contribution is 2.44. The molecule has 110 valence electrons. The van der Waals surface area contributed by atoms with E-state index in [1.807, 2.05) is 0 Å². The highest BCUT2D eigenvalue weighted by atomic mass is 19.4. The van der Waals surface area contributed by atoms with E-state index in [0.29, 0.717) is 0 Å². The smallest absolute Gasteiger partial charge is 0.315 e. The zero-order valence-electron chi connectivity index (χ0n) is 10.4. The van der Waals surface area contributed by atoms with Crippen molar-refractivity contribution in [2.24, 2.45) is 5.41 Å². The van der Waals surface area contributed by atoms with Crippen molar-refractivity contribution in [2.75, 3.05) is 13.1 Å². The highest BCUT2D eigenvalue weighted by molar-refractivity contribution is 5.88. The van der Waals surface area contributed by atoms with Crippen LogP contribution in [0.3, 0.4) is 0 Å². The van der Waals surface area contributed by atoms with Crippen LogP contribution in [0.2, 0.25) is 0 Å². The molecule has 1 aromatic carbocycles. The topological polar surface area (TPSA) is 29.1 Å². The van der Waals surface area contributed by atoms with Crippen molar-refractivity contribution in [1.29, 1.82) is 0 Å². The summed E-state index contributed by atoms with van der Waals surface area (Å²) in [7, 11) is 0. The number of carbonyl (C=O) groups excluding carboxylic acids is 1. The first-order chi connectivity index (χ1) is 9.26. The summed E-state index contributed by atoms with van der Waals surface area (Å²) in [5.41, 5.74) is -2.40. The fraction of sp³-hybridized carbons (Fsp3) is 0.462. The number of Topliss-reactive ketones (excluding diaryl/α,β-unsaturated/α-hetero) is 1. The van der Waals surface area contributed by atoms with Crippen LogP contribution in [-0.2, 0) is 11.2 Å². The summed E-state index contributed by atoms with van der Waals surface area (Å²) < 4.78 is 65.1. The lowest BCUT2D eigenvalue weighted by Gasteiger charge is -2.29. The molecule has 0 aromatic heterocycles. The summed E-state index contributed by atoms with van der Waals surface area (Å²) in [4.78, 5) is 12.0. The Bertz CT molecular complexity index is 520. The van der Waals surface area contributed by atoms with Gasteiger partial charge in [0.25, 0.3) is 0 Å². The van der Waals surface area contributed by atoms with Crippen molar-refractivity contribution in [1.82, 2.24) is 5.32 Å². The van der Waals surface area contributed by atoms with Crippen molar-refractivity contribution >= 4 is 5.78 Å². The Kier molecular flexibility index (Phi) is 3.82. The van der Waals surface area contributed by atoms with Crippen LogP contribution in [0.1, 0.15) is 12.0 Å². The normalized spacial score (nSPS) is 23.1. The molecular weight excluding hydrogens is 281 g/mol. The molecule has 0 bridgehead atoms. The summed E-state index contributed by atoms with van der Waals surface area (Å²) in [6, 6.07) is 2.66. The first-order valence-electron chi connectivity index (χ1n) is 6.01. The average Bonchev–Trinajstić information content (AvgIpc) is 2.84. The number of hydrogen-bond donors (Lipinski definition) is 1. The van der Waals surface area contributed by atoms with Gasteiger partial charge in [0, 0.05) is 13.0 Å². The van der Waals surface area contributed by atoms with E-state index in [2.05, 4.69) is 5.32 Å². The van der Waals surface area contributed by atoms with Gasteiger partial charge in [-0.15, -0.1) is 0 Å². The van der Waals surface area contributed by atoms with E-state index in [1.54, 1.807) is 0 Å². The summed E-state index contributed by atoms with van der Waals surface area (Å²) in [5, 5.41) is 2.53. The molecule has 2 nitrogen and oxygen atoms in total. The number of nitrogens with one attached hydrogen (secondary N) is 1. The molecule has 0 saturated carbocycles. The van der Waals surface area contributed by atoms with Crippen molar-refractivity contribution in [3.05, 3.63) is 35.4 Å². The Morgan fingerprint density at radius 1 is 1.25 bits per heavy atom. The van der Waals surface area contributed by atoms with Crippen LogP contribution in [0.5, 0.6) is 0 Å². The number of carbonyl (C=O) groups is 1. The Hall–Kier alpha value is -1.50. The number of benzene rings is 1. The Morgan fingerprint density at radius 2 is 1.95 bits per heavy atom. The third-order valence-electron chi connectivity index (χ3n) is 3.58. The zero-order chi connectivity index (χ0) is 15.0. The van der Waals surface area contributed by atoms with Crippen LogP contribution >= 0.6 is 0 Å². The molecule has 1 unspecified atom stereocenters. The predicted molar refractivity (Wildman–Crippen MR) is 61.0 cm³/mol. The van der Waals surface area contributed by atoms with Crippen molar-refractivity contribution in [3.63, 3.8) is 0 Å². The predicted octanol–water partition coefficient (Wildman–Crippen LogP) is 2.62. The van der Waals surface area contributed by atoms with E-state index in [9.17, 15) is 26.7 Å². The van der Waals surface area contributed by atoms with Crippen molar-refractivity contribution in [2.45, 2.75) is 19.0 Å². The largest absolute Gasteiger partial charge is 0.402 e. The zero-order valence-corrected chi connectivity index (χ0v) is 10.4. The molecule has 1 fully saturated rings. The number of halogens is 5. The van der Waals surface area contributed by atoms with Crippen LogP contribution < -0.4 is 5.32 Å². The van der Waals surface area contributed by atoms with Crippen LogP contribution in [0.25, 0.3) is 0 Å². The molecule has 20 heavy (non-hydrogen) atoms. The summed E-state index contributed by atoms with van der Waals surface area (Å²) in [5.74, 6) is -3.31. The quantitative estimate of drug-likeness (QED) is 0.868. The van der Waals surface area contributed by atoms with Crippen LogP contribution in [0, 0.1) is 17.0 Å². The minimum absolute atomic E-state index is 0.0319. The van der Waals surface area contributed by atoms with Gasteiger partial charge in [0.15, 0.2) is 17.4 Å². The van der Waals surface area contributed by atoms with E-state index >= 15 is 0 Å². The lowest BCUT2D eigenvalue weighted by atomic mass is 9.79. The van der Waals surface area contributed by atoms with Gasteiger partial charge in [0.1, 0.15) is 5.41 Å². The molecule has 1 heterocycles. The van der Waals surface area contributed by atoms with Crippen molar-refractivity contribution < 1.29 is 26.7 Å². The maximum absolute atomic E-state index is 13.1. The second kappa shape index (κ2) is 5.12. The number of alkyl halides is 3. The van der Waals surface area contributed by atoms with Gasteiger partial charge in [-0.25, -0.2) is 8.78 Å². The van der Waals surface area contributed by atoms with Crippen LogP contribution in [0.15, 0.2) is 18.2 Å². The van der Waals surface area contributed by atoms with Gasteiger partial charge in [-0.1, -0.05) is 6.07 Å². The molecule has 1 aliphatic heterocycles. The fourth-order valence-electron chi connectivity index (χ4n) is 2.33. The monoisotopic (exact) mass is 293 g/mol. The Balaban J connectivity index is 2.23. The van der Waals surface area contributed by atoms with Gasteiger partial charge in [0.05, 0.1) is 0 Å². The molecule has 1 saturated heterocycles. The molecule has 7 heteroatoms. The van der Waals surface area contributed by atoms with Gasteiger partial charge in [0.2, 0.25) is 0 Å². The van der Waals surface area contributed by atoms with Crippen LogP contribution in [-0.4, -0.2) is 25.0 Å². The average molecular weight is 293 g/mol. The van der Waals surface area contributed by atoms with Gasteiger partial charge in [-0.05, 0) is 30.7 Å². The van der Waals surface area contributed by atoms with Gasteiger partial charge < -0.3 is 5.32 Å². The highest BCUT2D eigenvalue weighted by Gasteiger charge is 2.60. The van der Waals surface area contributed by atoms with Crippen molar-refractivity contribution in [3.8, 4) is 0 Å². The number of rotatable bonds is 3. The molecule has 0 spiro atoms. The van der Waals surface area contributed by atoms with E-state index < -0.39 is 42.0 Å². The number of ketones is 1. The minimum atomic E-state index is -4.66. The Labute approximate surface area is 112 Å². The second-order valence-electron chi connectivity index (χ2n) is 4.86. The maximum atomic E-state index is 13.1. The lowest BCUT2D eigenvalue weighted by molar-refractivity contribution is -0.214. The molecule has 0 aliphatic carbocycles. The van der Waals surface area contributed by atoms with E-state index in [4.69, 9.17) is 0 Å². The summed E-state index contributed by atoms with van der Waals surface area (Å²) in [6.45, 7) is -0.373. The summed E-state index contributed by atoms with van der Waals surface area (Å²) >= 11 is 0. The molecule has 0 radical (unpaired) electrons. The second-order valence-corrected chi connectivity index (χ2v) is 4.86. The molecule has 1 aromatic rings. The van der Waals surface area contributed by atoms with Crippen LogP contribution in [0.4, 0.5) is 22.0 Å². The van der Waals surface area contributed by atoms with Gasteiger partial charge >= 0.3 is 6.18 Å². The third-order valence-corrected chi connectivity index (χ3v) is 3.58. The van der Waals surface area contributed by atoms with E-state index in [0.717, 1.165) is 18.2 Å². The van der Waals surface area contributed by atoms with Gasteiger partial charge in [-0.2, -0.15) is 13.2 Å². The molecule has 1 atom stereocenters. The lowest BCUT2D eigenvalue weighted by Crippen LogP contribution is -2.47. The molecule has 0 amide bonds. The molecule has 1 aliphatic rings. The standard InChI is InChI=1S/C13H12F5NO/c14-9-2-1-8(5-10(9)15)6-11(20)12(13(16,17)18)3-4-19-7-12/h1-2,5,19H,3-4,6-7H2. The van der Waals surface area contributed by atoms with Gasteiger partial charge in [-0.3, -0.25) is 4.79 Å². The van der Waals surface area contributed by atoms with E-state index in [1.165, 1.54) is 0 Å². The van der Waals surface area contributed by atoms with E-state index in [-0.39, 0.29) is 18.5 Å². The minimum Gasteiger partial charge on any atom is -0.315 e. The molecule has 2 rings (SSSR count). The first-order valence-corrected chi connectivity index (χ1v) is 6.01. The SMILES string of the molecule is O=C(Cc1ccc(F)c(F)c1)C1(C(F)(F)F)CCNC1. The number of hydrogen-bond acceptors (Lipinski definition) is 2. The third kappa shape index (κ3) is 2.54. The maximum Gasteiger partial charge on any atom is 0.402 e. The molecule has 1 N–H and O–H groups in total. The first kappa shape index (κ1) is 14.9. The summed E-state index contributed by atoms with van der Waals surface area (Å²) in [6.07, 6.45) is -5.57. The molecular formula is C13H12F5NO. The fourth-order valence-corrected chi connectivity index (χ4v) is 2.33.